The summed E-state index contributed by atoms with van der Waals surface area (Å²) in [7, 11) is 0. The topological polar surface area (TPSA) is 54.5 Å². The predicted molar refractivity (Wildman–Crippen MR) is 61.7 cm³/mol. The Labute approximate surface area is 90.2 Å². The van der Waals surface area contributed by atoms with E-state index in [0.717, 1.165) is 16.9 Å². The zero-order chi connectivity index (χ0) is 11.5. The van der Waals surface area contributed by atoms with Gasteiger partial charge in [0, 0.05) is 5.41 Å². The summed E-state index contributed by atoms with van der Waals surface area (Å²) < 4.78 is 0. The molecule has 2 aromatic rings. The molecule has 0 aliphatic rings. The second-order valence-electron chi connectivity index (χ2n) is 4.07. The lowest BCUT2D eigenvalue weighted by atomic mass is 9.91. The van der Waals surface area contributed by atoms with Gasteiger partial charge in [0.25, 0.3) is 0 Å². The highest BCUT2D eigenvalue weighted by molar-refractivity contribution is 5.73. The molecular formula is C11H18N4. The largest absolute Gasteiger partial charge is 0.342 e. The molecule has 2 heterocycles. The van der Waals surface area contributed by atoms with E-state index < -0.39 is 0 Å². The Morgan fingerprint density at radius 1 is 1.07 bits per heavy atom. The number of aromatic nitrogens is 4. The van der Waals surface area contributed by atoms with E-state index in [9.17, 15) is 0 Å². The molecule has 2 rings (SSSR count). The molecule has 0 atom stereocenters. The molecule has 0 amide bonds. The third-order valence-electron chi connectivity index (χ3n) is 1.93. The Morgan fingerprint density at radius 3 is 2.33 bits per heavy atom. The second kappa shape index (κ2) is 4.38. The SMILES string of the molecule is CC.CC(C)(C)c1ncnc2nc[nH]c12. The summed E-state index contributed by atoms with van der Waals surface area (Å²) in [5.74, 6) is 0. The molecule has 0 aromatic carbocycles. The lowest BCUT2D eigenvalue weighted by molar-refractivity contribution is 0.573. The number of nitrogens with one attached hydrogen (secondary N) is 1. The Kier molecular flexibility index (Phi) is 3.39. The fourth-order valence-corrected chi connectivity index (χ4v) is 1.33. The van der Waals surface area contributed by atoms with E-state index in [2.05, 4.69) is 40.7 Å². The summed E-state index contributed by atoms with van der Waals surface area (Å²) in [6.45, 7) is 10.4. The summed E-state index contributed by atoms with van der Waals surface area (Å²) in [6.07, 6.45) is 3.21. The average Bonchev–Trinajstić information content (AvgIpc) is 2.66. The third kappa shape index (κ3) is 2.32. The van der Waals surface area contributed by atoms with Crippen LogP contribution in [-0.2, 0) is 5.41 Å². The van der Waals surface area contributed by atoms with E-state index in [-0.39, 0.29) is 5.41 Å². The molecule has 0 saturated heterocycles. The first-order chi connectivity index (χ1) is 7.09. The molecule has 0 aliphatic heterocycles. The van der Waals surface area contributed by atoms with Crippen LogP contribution < -0.4 is 0 Å². The minimum absolute atomic E-state index is 0.0216. The molecule has 0 saturated carbocycles. The number of hydrogen-bond donors (Lipinski definition) is 1. The molecule has 0 unspecified atom stereocenters. The fourth-order valence-electron chi connectivity index (χ4n) is 1.33. The van der Waals surface area contributed by atoms with E-state index in [0.29, 0.717) is 0 Å². The van der Waals surface area contributed by atoms with Crippen molar-refractivity contribution in [2.24, 2.45) is 0 Å². The molecule has 0 fully saturated rings. The summed E-state index contributed by atoms with van der Waals surface area (Å²) in [4.78, 5) is 15.5. The van der Waals surface area contributed by atoms with Gasteiger partial charge in [0.15, 0.2) is 5.65 Å². The molecular weight excluding hydrogens is 188 g/mol. The van der Waals surface area contributed by atoms with Crippen LogP contribution in [0.2, 0.25) is 0 Å². The molecule has 2 aromatic heterocycles. The third-order valence-corrected chi connectivity index (χ3v) is 1.93. The van der Waals surface area contributed by atoms with Gasteiger partial charge in [0.2, 0.25) is 0 Å². The first-order valence-corrected chi connectivity index (χ1v) is 5.23. The van der Waals surface area contributed by atoms with Crippen molar-refractivity contribution in [1.82, 2.24) is 19.9 Å². The first kappa shape index (κ1) is 11.6. The lowest BCUT2D eigenvalue weighted by Crippen LogP contribution is -2.14. The van der Waals surface area contributed by atoms with Gasteiger partial charge in [0.05, 0.1) is 12.0 Å². The zero-order valence-electron chi connectivity index (χ0n) is 10.00. The van der Waals surface area contributed by atoms with Crippen LogP contribution in [0.4, 0.5) is 0 Å². The van der Waals surface area contributed by atoms with Crippen molar-refractivity contribution in [3.8, 4) is 0 Å². The van der Waals surface area contributed by atoms with E-state index in [1.807, 2.05) is 13.8 Å². The quantitative estimate of drug-likeness (QED) is 0.721. The Hall–Kier alpha value is -1.45. The smallest absolute Gasteiger partial charge is 0.180 e. The van der Waals surface area contributed by atoms with Crippen LogP contribution in [0.5, 0.6) is 0 Å². The highest BCUT2D eigenvalue weighted by atomic mass is 15.0. The van der Waals surface area contributed by atoms with Crippen LogP contribution in [-0.4, -0.2) is 19.9 Å². The van der Waals surface area contributed by atoms with Crippen molar-refractivity contribution in [1.29, 1.82) is 0 Å². The summed E-state index contributed by atoms with van der Waals surface area (Å²) >= 11 is 0. The average molecular weight is 206 g/mol. The Morgan fingerprint density at radius 2 is 1.73 bits per heavy atom. The van der Waals surface area contributed by atoms with E-state index >= 15 is 0 Å². The lowest BCUT2D eigenvalue weighted by Gasteiger charge is -2.17. The number of H-pyrrole nitrogens is 1. The highest BCUT2D eigenvalue weighted by Crippen LogP contribution is 2.24. The summed E-state index contributed by atoms with van der Waals surface area (Å²) in [5.41, 5.74) is 2.71. The maximum atomic E-state index is 4.27. The standard InChI is InChI=1S/C9H12N4.C2H6/c1-9(2,3)7-6-8(12-4-10-6)13-5-11-7;1-2/h4-5H,1-3H3,(H,10,11,12,13);1-2H3. The van der Waals surface area contributed by atoms with Gasteiger partial charge in [-0.1, -0.05) is 34.6 Å². The number of nitrogens with zero attached hydrogens (tertiary/aromatic N) is 3. The van der Waals surface area contributed by atoms with Crippen molar-refractivity contribution >= 4 is 11.2 Å². The fraction of sp³-hybridized carbons (Fsp3) is 0.545. The van der Waals surface area contributed by atoms with Gasteiger partial charge in [-0.2, -0.15) is 0 Å². The molecule has 4 heteroatoms. The van der Waals surface area contributed by atoms with Crippen LogP contribution >= 0.6 is 0 Å². The number of aromatic amines is 1. The molecule has 1 N–H and O–H groups in total. The Bertz CT molecular complexity index is 425. The summed E-state index contributed by atoms with van der Waals surface area (Å²) in [6, 6.07) is 0. The van der Waals surface area contributed by atoms with E-state index in [1.165, 1.54) is 0 Å². The van der Waals surface area contributed by atoms with Crippen molar-refractivity contribution < 1.29 is 0 Å². The van der Waals surface area contributed by atoms with Gasteiger partial charge in [-0.15, -0.1) is 0 Å². The molecule has 0 radical (unpaired) electrons. The van der Waals surface area contributed by atoms with Gasteiger partial charge in [0.1, 0.15) is 11.8 Å². The number of fused-ring (bicyclic) bond motifs is 1. The zero-order valence-corrected chi connectivity index (χ0v) is 10.00. The minimum Gasteiger partial charge on any atom is -0.342 e. The van der Waals surface area contributed by atoms with Gasteiger partial charge < -0.3 is 4.98 Å². The van der Waals surface area contributed by atoms with Crippen LogP contribution in [0.25, 0.3) is 11.2 Å². The summed E-state index contributed by atoms with van der Waals surface area (Å²) in [5, 5.41) is 0. The molecule has 0 aliphatic carbocycles. The van der Waals surface area contributed by atoms with Gasteiger partial charge in [-0.3, -0.25) is 0 Å². The maximum absolute atomic E-state index is 4.27. The van der Waals surface area contributed by atoms with Gasteiger partial charge in [-0.05, 0) is 0 Å². The normalized spacial score (nSPS) is 11.0. The van der Waals surface area contributed by atoms with Crippen LogP contribution in [0, 0.1) is 0 Å². The van der Waals surface area contributed by atoms with Crippen molar-refractivity contribution in [3.05, 3.63) is 18.3 Å². The van der Waals surface area contributed by atoms with Crippen LogP contribution in [0.1, 0.15) is 40.3 Å². The minimum atomic E-state index is 0.0216. The van der Waals surface area contributed by atoms with Crippen LogP contribution in [0.15, 0.2) is 12.7 Å². The van der Waals surface area contributed by atoms with Crippen LogP contribution in [0.3, 0.4) is 0 Å². The van der Waals surface area contributed by atoms with Crippen molar-refractivity contribution in [2.45, 2.75) is 40.0 Å². The van der Waals surface area contributed by atoms with E-state index in [1.54, 1.807) is 12.7 Å². The first-order valence-electron chi connectivity index (χ1n) is 5.23. The Balaban J connectivity index is 0.000000531. The number of rotatable bonds is 0. The van der Waals surface area contributed by atoms with Crippen molar-refractivity contribution in [3.63, 3.8) is 0 Å². The highest BCUT2D eigenvalue weighted by Gasteiger charge is 2.19. The molecule has 15 heavy (non-hydrogen) atoms. The van der Waals surface area contributed by atoms with Gasteiger partial charge in [-0.25, -0.2) is 15.0 Å². The second-order valence-corrected chi connectivity index (χ2v) is 4.07. The monoisotopic (exact) mass is 206 g/mol. The molecule has 4 nitrogen and oxygen atoms in total. The predicted octanol–water partition coefficient (Wildman–Crippen LogP) is 2.68. The van der Waals surface area contributed by atoms with Gasteiger partial charge >= 0.3 is 0 Å². The number of imidazole rings is 1. The van der Waals surface area contributed by atoms with Crippen molar-refractivity contribution in [2.75, 3.05) is 0 Å². The maximum Gasteiger partial charge on any atom is 0.180 e. The number of hydrogen-bond acceptors (Lipinski definition) is 3. The van der Waals surface area contributed by atoms with E-state index in [4.69, 9.17) is 0 Å². The molecule has 0 bridgehead atoms. The molecule has 82 valence electrons. The molecule has 0 spiro atoms.